The summed E-state index contributed by atoms with van der Waals surface area (Å²) in [6, 6.07) is 19.2. The lowest BCUT2D eigenvalue weighted by atomic mass is 10.0. The molecule has 0 spiro atoms. The van der Waals surface area contributed by atoms with E-state index in [1.54, 1.807) is 25.6 Å². The molecule has 4 heteroatoms. The van der Waals surface area contributed by atoms with E-state index in [4.69, 9.17) is 4.74 Å². The molecule has 4 nitrogen and oxygen atoms in total. The second-order valence-corrected chi connectivity index (χ2v) is 5.76. The number of nitrogens with zero attached hydrogens (tertiary/aromatic N) is 1. The van der Waals surface area contributed by atoms with Crippen LogP contribution in [0.5, 0.6) is 5.75 Å². The maximum absolute atomic E-state index is 12.7. The Labute approximate surface area is 147 Å². The van der Waals surface area contributed by atoms with E-state index in [1.165, 1.54) is 0 Å². The van der Waals surface area contributed by atoms with Gasteiger partial charge < -0.3 is 10.1 Å². The monoisotopic (exact) mass is 332 g/mol. The van der Waals surface area contributed by atoms with Crippen molar-refractivity contribution >= 4 is 5.91 Å². The zero-order chi connectivity index (χ0) is 17.6. The first-order chi connectivity index (χ1) is 12.2. The number of carbonyl (C=O) groups is 1. The number of hydrogen-bond acceptors (Lipinski definition) is 3. The molecule has 1 aromatic heterocycles. The summed E-state index contributed by atoms with van der Waals surface area (Å²) in [5, 5.41) is 3.02. The highest BCUT2D eigenvalue weighted by atomic mass is 16.5. The van der Waals surface area contributed by atoms with Gasteiger partial charge in [-0.15, -0.1) is 0 Å². The summed E-state index contributed by atoms with van der Waals surface area (Å²) < 4.78 is 5.44. The minimum absolute atomic E-state index is 0.0849. The van der Waals surface area contributed by atoms with E-state index in [1.807, 2.05) is 61.5 Å². The molecule has 0 unspecified atom stereocenters. The quantitative estimate of drug-likeness (QED) is 0.760. The molecule has 0 radical (unpaired) electrons. The van der Waals surface area contributed by atoms with E-state index in [0.29, 0.717) is 11.3 Å². The Kier molecular flexibility index (Phi) is 5.09. The van der Waals surface area contributed by atoms with Gasteiger partial charge in [-0.1, -0.05) is 36.4 Å². The Hall–Kier alpha value is -3.14. The molecule has 1 N–H and O–H groups in total. The van der Waals surface area contributed by atoms with Gasteiger partial charge in [-0.2, -0.15) is 0 Å². The van der Waals surface area contributed by atoms with Crippen molar-refractivity contribution < 1.29 is 9.53 Å². The summed E-state index contributed by atoms with van der Waals surface area (Å²) in [6.07, 6.45) is 3.48. The standard InChI is InChI=1S/C21H20N2O2/c1-15(16-6-4-3-5-7-16)23-21(24)19-9-8-18(14-20(19)25-2)17-10-12-22-13-11-17/h3-15H,1-2H3,(H,23,24)/t15-/m1/s1. The molecule has 25 heavy (non-hydrogen) atoms. The predicted molar refractivity (Wildman–Crippen MR) is 98.5 cm³/mol. The second-order valence-electron chi connectivity index (χ2n) is 5.76. The number of amides is 1. The summed E-state index contributed by atoms with van der Waals surface area (Å²) in [5.74, 6) is 0.390. The molecule has 3 rings (SSSR count). The predicted octanol–water partition coefficient (Wildman–Crippen LogP) is 4.25. The van der Waals surface area contributed by atoms with Gasteiger partial charge in [0.25, 0.3) is 5.91 Å². The number of benzene rings is 2. The van der Waals surface area contributed by atoms with E-state index in [-0.39, 0.29) is 11.9 Å². The van der Waals surface area contributed by atoms with Gasteiger partial charge in [0.15, 0.2) is 0 Å². The molecule has 1 amide bonds. The van der Waals surface area contributed by atoms with Crippen molar-refractivity contribution in [3.05, 3.63) is 84.2 Å². The fourth-order valence-corrected chi connectivity index (χ4v) is 2.70. The SMILES string of the molecule is COc1cc(-c2ccncc2)ccc1C(=O)N[C@H](C)c1ccccc1. The molecule has 0 aliphatic carbocycles. The average Bonchev–Trinajstić information content (AvgIpc) is 2.68. The van der Waals surface area contributed by atoms with Crippen LogP contribution in [-0.4, -0.2) is 18.0 Å². The lowest BCUT2D eigenvalue weighted by Crippen LogP contribution is -2.27. The van der Waals surface area contributed by atoms with Crippen LogP contribution in [0.3, 0.4) is 0 Å². The van der Waals surface area contributed by atoms with E-state index in [2.05, 4.69) is 10.3 Å². The van der Waals surface area contributed by atoms with Crippen LogP contribution in [-0.2, 0) is 0 Å². The van der Waals surface area contributed by atoms with E-state index >= 15 is 0 Å². The summed E-state index contributed by atoms with van der Waals surface area (Å²) in [6.45, 7) is 1.96. The molecule has 0 bridgehead atoms. The molecule has 1 atom stereocenters. The van der Waals surface area contributed by atoms with Crippen molar-refractivity contribution in [1.29, 1.82) is 0 Å². The molecular formula is C21H20N2O2. The average molecular weight is 332 g/mol. The van der Waals surface area contributed by atoms with E-state index in [9.17, 15) is 4.79 Å². The highest BCUT2D eigenvalue weighted by molar-refractivity contribution is 5.97. The van der Waals surface area contributed by atoms with Gasteiger partial charge in [0.1, 0.15) is 5.75 Å². The van der Waals surface area contributed by atoms with Crippen molar-refractivity contribution in [3.63, 3.8) is 0 Å². The molecule has 0 saturated heterocycles. The van der Waals surface area contributed by atoms with Gasteiger partial charge in [0.05, 0.1) is 18.7 Å². The molecule has 126 valence electrons. The Morgan fingerprint density at radius 2 is 1.72 bits per heavy atom. The first kappa shape index (κ1) is 16.7. The highest BCUT2D eigenvalue weighted by Crippen LogP contribution is 2.27. The number of ether oxygens (including phenoxy) is 1. The molecule has 0 aliphatic rings. The maximum Gasteiger partial charge on any atom is 0.255 e. The van der Waals surface area contributed by atoms with Gasteiger partial charge in [-0.05, 0) is 47.9 Å². The van der Waals surface area contributed by atoms with Crippen LogP contribution in [0.1, 0.15) is 28.9 Å². The van der Waals surface area contributed by atoms with Crippen LogP contribution in [0.25, 0.3) is 11.1 Å². The van der Waals surface area contributed by atoms with Gasteiger partial charge >= 0.3 is 0 Å². The van der Waals surface area contributed by atoms with Gasteiger partial charge in [-0.3, -0.25) is 9.78 Å². The highest BCUT2D eigenvalue weighted by Gasteiger charge is 2.16. The van der Waals surface area contributed by atoms with Gasteiger partial charge in [0, 0.05) is 12.4 Å². The first-order valence-corrected chi connectivity index (χ1v) is 8.13. The number of aromatic nitrogens is 1. The summed E-state index contributed by atoms with van der Waals surface area (Å²) >= 11 is 0. The van der Waals surface area contributed by atoms with E-state index < -0.39 is 0 Å². The van der Waals surface area contributed by atoms with Gasteiger partial charge in [-0.25, -0.2) is 0 Å². The second kappa shape index (κ2) is 7.62. The molecule has 0 aliphatic heterocycles. The lowest BCUT2D eigenvalue weighted by Gasteiger charge is -2.16. The zero-order valence-electron chi connectivity index (χ0n) is 14.3. The topological polar surface area (TPSA) is 51.2 Å². The first-order valence-electron chi connectivity index (χ1n) is 8.13. The Balaban J connectivity index is 1.83. The van der Waals surface area contributed by atoms with Crippen LogP contribution in [0.4, 0.5) is 0 Å². The van der Waals surface area contributed by atoms with Crippen molar-refractivity contribution in [2.24, 2.45) is 0 Å². The van der Waals surface area contributed by atoms with Crippen molar-refractivity contribution in [2.45, 2.75) is 13.0 Å². The molecular weight excluding hydrogens is 312 g/mol. The maximum atomic E-state index is 12.7. The zero-order valence-corrected chi connectivity index (χ0v) is 14.3. The Morgan fingerprint density at radius 3 is 2.40 bits per heavy atom. The molecule has 0 saturated carbocycles. The Morgan fingerprint density at radius 1 is 1.00 bits per heavy atom. The minimum Gasteiger partial charge on any atom is -0.496 e. The van der Waals surface area contributed by atoms with Crippen molar-refractivity contribution in [1.82, 2.24) is 10.3 Å². The van der Waals surface area contributed by atoms with Crippen LogP contribution in [0.2, 0.25) is 0 Å². The molecule has 1 heterocycles. The number of carbonyl (C=O) groups excluding carboxylic acids is 1. The number of hydrogen-bond donors (Lipinski definition) is 1. The third-order valence-electron chi connectivity index (χ3n) is 4.11. The lowest BCUT2D eigenvalue weighted by molar-refractivity contribution is 0.0937. The summed E-state index contributed by atoms with van der Waals surface area (Å²) in [5.41, 5.74) is 3.58. The van der Waals surface area contributed by atoms with Crippen LogP contribution < -0.4 is 10.1 Å². The summed E-state index contributed by atoms with van der Waals surface area (Å²) in [4.78, 5) is 16.7. The van der Waals surface area contributed by atoms with Crippen LogP contribution in [0.15, 0.2) is 73.1 Å². The number of methoxy groups -OCH3 is 1. The third kappa shape index (κ3) is 3.86. The van der Waals surface area contributed by atoms with Gasteiger partial charge in [0.2, 0.25) is 0 Å². The normalized spacial score (nSPS) is 11.6. The molecule has 0 fully saturated rings. The largest absolute Gasteiger partial charge is 0.496 e. The van der Waals surface area contributed by atoms with Crippen LogP contribution >= 0.6 is 0 Å². The fourth-order valence-electron chi connectivity index (χ4n) is 2.70. The molecule has 3 aromatic rings. The fraction of sp³-hybridized carbons (Fsp3) is 0.143. The van der Waals surface area contributed by atoms with E-state index in [0.717, 1.165) is 16.7 Å². The Bertz CT molecular complexity index is 848. The number of rotatable bonds is 5. The van der Waals surface area contributed by atoms with Crippen LogP contribution in [0, 0.1) is 0 Å². The van der Waals surface area contributed by atoms with Crippen molar-refractivity contribution in [3.8, 4) is 16.9 Å². The summed E-state index contributed by atoms with van der Waals surface area (Å²) in [7, 11) is 1.57. The smallest absolute Gasteiger partial charge is 0.255 e. The number of nitrogens with one attached hydrogen (secondary N) is 1. The number of pyridine rings is 1. The molecule has 2 aromatic carbocycles. The third-order valence-corrected chi connectivity index (χ3v) is 4.11. The minimum atomic E-state index is -0.158. The van der Waals surface area contributed by atoms with Crippen molar-refractivity contribution in [2.75, 3.05) is 7.11 Å².